The Balaban J connectivity index is 1.58. The molecule has 0 saturated carbocycles. The van der Waals surface area contributed by atoms with Gasteiger partial charge in [0, 0.05) is 37.5 Å². The maximum absolute atomic E-state index is 5.69. The molecule has 2 aliphatic heterocycles. The fourth-order valence-electron chi connectivity index (χ4n) is 2.65. The zero-order valence-corrected chi connectivity index (χ0v) is 12.0. The lowest BCUT2D eigenvalue weighted by Crippen LogP contribution is -2.43. The van der Waals surface area contributed by atoms with Gasteiger partial charge >= 0.3 is 0 Å². The normalized spacial score (nSPS) is 31.2. The molecule has 3 unspecified atom stereocenters. The molecule has 0 spiro atoms. The Labute approximate surface area is 110 Å². The van der Waals surface area contributed by atoms with Crippen LogP contribution in [0.25, 0.3) is 0 Å². The van der Waals surface area contributed by atoms with E-state index in [1.807, 2.05) is 0 Å². The van der Waals surface area contributed by atoms with E-state index in [9.17, 15) is 0 Å². The van der Waals surface area contributed by atoms with Crippen LogP contribution in [-0.2, 0) is 4.74 Å². The zero-order chi connectivity index (χ0) is 12.1. The fraction of sp³-hybridized carbons (Fsp3) is 1.00. The van der Waals surface area contributed by atoms with Gasteiger partial charge in [0.05, 0.1) is 6.10 Å². The molecule has 1 N–H and O–H groups in total. The van der Waals surface area contributed by atoms with Gasteiger partial charge in [0.2, 0.25) is 0 Å². The zero-order valence-electron chi connectivity index (χ0n) is 11.2. The lowest BCUT2D eigenvalue weighted by atomic mass is 10.1. The summed E-state index contributed by atoms with van der Waals surface area (Å²) >= 11 is 2.09. The molecule has 2 rings (SSSR count). The van der Waals surface area contributed by atoms with Gasteiger partial charge in [0.1, 0.15) is 0 Å². The summed E-state index contributed by atoms with van der Waals surface area (Å²) in [7, 11) is 2.26. The van der Waals surface area contributed by atoms with Gasteiger partial charge in [-0.15, -0.1) is 0 Å². The molecule has 0 aromatic heterocycles. The van der Waals surface area contributed by atoms with Gasteiger partial charge in [-0.05, 0) is 39.0 Å². The van der Waals surface area contributed by atoms with Crippen LogP contribution in [0, 0.1) is 0 Å². The number of nitrogens with one attached hydrogen (secondary N) is 1. The van der Waals surface area contributed by atoms with Gasteiger partial charge in [-0.3, -0.25) is 0 Å². The van der Waals surface area contributed by atoms with Gasteiger partial charge in [0.15, 0.2) is 0 Å². The maximum Gasteiger partial charge on any atom is 0.0726 e. The van der Waals surface area contributed by atoms with Crippen LogP contribution in [0.15, 0.2) is 0 Å². The molecule has 2 aliphatic rings. The Kier molecular flexibility index (Phi) is 5.60. The average Bonchev–Trinajstić information content (AvgIpc) is 3.02. The highest BCUT2D eigenvalue weighted by molar-refractivity contribution is 7.99. The van der Waals surface area contributed by atoms with E-state index in [1.165, 1.54) is 30.8 Å². The molecule has 2 saturated heterocycles. The Morgan fingerprint density at radius 1 is 1.47 bits per heavy atom. The third-order valence-corrected chi connectivity index (χ3v) is 5.13. The predicted molar refractivity (Wildman–Crippen MR) is 74.8 cm³/mol. The largest absolute Gasteiger partial charge is 0.377 e. The molecular weight excluding hydrogens is 232 g/mol. The van der Waals surface area contributed by atoms with Crippen molar-refractivity contribution in [3.8, 4) is 0 Å². The number of nitrogens with zero attached hydrogens (tertiary/aromatic N) is 1. The quantitative estimate of drug-likeness (QED) is 0.782. The first-order valence-corrected chi connectivity index (χ1v) is 8.06. The second-order valence-electron chi connectivity index (χ2n) is 5.29. The van der Waals surface area contributed by atoms with E-state index in [1.54, 1.807) is 0 Å². The Hall–Kier alpha value is 0.230. The summed E-state index contributed by atoms with van der Waals surface area (Å²) in [5.41, 5.74) is 0. The number of rotatable bonds is 6. The standard InChI is InChI=1S/C13H26N2OS/c1-11(13-4-3-8-16-13)14-6-7-15(2)12-5-9-17-10-12/h11-14H,3-10H2,1-2H3. The smallest absolute Gasteiger partial charge is 0.0726 e. The molecule has 4 heteroatoms. The second-order valence-corrected chi connectivity index (χ2v) is 6.44. The summed E-state index contributed by atoms with van der Waals surface area (Å²) in [6.07, 6.45) is 4.27. The molecule has 0 radical (unpaired) electrons. The van der Waals surface area contributed by atoms with Crippen LogP contribution in [0.5, 0.6) is 0 Å². The number of thioether (sulfide) groups is 1. The van der Waals surface area contributed by atoms with Crippen LogP contribution in [0.4, 0.5) is 0 Å². The van der Waals surface area contributed by atoms with Crippen molar-refractivity contribution in [2.24, 2.45) is 0 Å². The number of ether oxygens (including phenoxy) is 1. The van der Waals surface area contributed by atoms with E-state index in [2.05, 4.69) is 35.9 Å². The second kappa shape index (κ2) is 6.98. The Morgan fingerprint density at radius 3 is 3.00 bits per heavy atom. The van der Waals surface area contributed by atoms with Gasteiger partial charge in [-0.25, -0.2) is 0 Å². The van der Waals surface area contributed by atoms with E-state index in [0.717, 1.165) is 25.7 Å². The van der Waals surface area contributed by atoms with Gasteiger partial charge < -0.3 is 15.0 Å². The number of likely N-dealkylation sites (N-methyl/N-ethyl adjacent to an activating group) is 1. The summed E-state index contributed by atoms with van der Waals surface area (Å²) in [6, 6.07) is 1.31. The van der Waals surface area contributed by atoms with Crippen molar-refractivity contribution in [1.29, 1.82) is 0 Å². The first kappa shape index (κ1) is 13.7. The summed E-state index contributed by atoms with van der Waals surface area (Å²) in [4.78, 5) is 2.51. The fourth-order valence-corrected chi connectivity index (χ4v) is 3.95. The first-order chi connectivity index (χ1) is 8.27. The lowest BCUT2D eigenvalue weighted by Gasteiger charge is -2.26. The van der Waals surface area contributed by atoms with Crippen LogP contribution in [-0.4, -0.2) is 61.3 Å². The molecule has 0 bridgehead atoms. The lowest BCUT2D eigenvalue weighted by molar-refractivity contribution is 0.0825. The van der Waals surface area contributed by atoms with Crippen molar-refractivity contribution in [3.05, 3.63) is 0 Å². The molecular formula is C13H26N2OS. The Bertz CT molecular complexity index is 193. The summed E-state index contributed by atoms with van der Waals surface area (Å²) in [5.74, 6) is 2.66. The number of hydrogen-bond donors (Lipinski definition) is 1. The van der Waals surface area contributed by atoms with E-state index in [-0.39, 0.29) is 0 Å². The van der Waals surface area contributed by atoms with Gasteiger partial charge in [-0.1, -0.05) is 0 Å². The monoisotopic (exact) mass is 258 g/mol. The van der Waals surface area contributed by atoms with Crippen LogP contribution in [0.1, 0.15) is 26.2 Å². The van der Waals surface area contributed by atoms with E-state index in [4.69, 9.17) is 4.74 Å². The van der Waals surface area contributed by atoms with Crippen LogP contribution in [0.2, 0.25) is 0 Å². The van der Waals surface area contributed by atoms with Crippen molar-refractivity contribution in [2.45, 2.75) is 44.4 Å². The molecule has 0 amide bonds. The molecule has 100 valence electrons. The molecule has 0 aliphatic carbocycles. The molecule has 3 atom stereocenters. The minimum atomic E-state index is 0.447. The summed E-state index contributed by atoms with van der Waals surface area (Å²) in [5, 5.41) is 3.61. The van der Waals surface area contributed by atoms with Crippen molar-refractivity contribution < 1.29 is 4.74 Å². The summed E-state index contributed by atoms with van der Waals surface area (Å²) in [6.45, 7) is 5.44. The first-order valence-electron chi connectivity index (χ1n) is 6.90. The predicted octanol–water partition coefficient (Wildman–Crippen LogP) is 1.58. The van der Waals surface area contributed by atoms with Crippen molar-refractivity contribution in [1.82, 2.24) is 10.2 Å². The van der Waals surface area contributed by atoms with Gasteiger partial charge in [0.25, 0.3) is 0 Å². The maximum atomic E-state index is 5.69. The molecule has 0 aromatic carbocycles. The Morgan fingerprint density at radius 2 is 2.35 bits per heavy atom. The minimum absolute atomic E-state index is 0.447. The highest BCUT2D eigenvalue weighted by atomic mass is 32.2. The third-order valence-electron chi connectivity index (χ3n) is 3.98. The third kappa shape index (κ3) is 4.12. The van der Waals surface area contributed by atoms with Crippen LogP contribution < -0.4 is 5.32 Å². The molecule has 2 heterocycles. The molecule has 3 nitrogen and oxygen atoms in total. The minimum Gasteiger partial charge on any atom is -0.377 e. The molecule has 2 fully saturated rings. The van der Waals surface area contributed by atoms with E-state index < -0.39 is 0 Å². The van der Waals surface area contributed by atoms with Gasteiger partial charge in [-0.2, -0.15) is 11.8 Å². The highest BCUT2D eigenvalue weighted by Gasteiger charge is 2.23. The van der Waals surface area contributed by atoms with E-state index in [0.29, 0.717) is 12.1 Å². The molecule has 0 aromatic rings. The van der Waals surface area contributed by atoms with Crippen LogP contribution in [0.3, 0.4) is 0 Å². The number of hydrogen-bond acceptors (Lipinski definition) is 4. The van der Waals surface area contributed by atoms with E-state index >= 15 is 0 Å². The summed E-state index contributed by atoms with van der Waals surface area (Å²) < 4.78 is 5.69. The average molecular weight is 258 g/mol. The van der Waals surface area contributed by atoms with Crippen molar-refractivity contribution in [3.63, 3.8) is 0 Å². The molecule has 17 heavy (non-hydrogen) atoms. The highest BCUT2D eigenvalue weighted by Crippen LogP contribution is 2.21. The topological polar surface area (TPSA) is 24.5 Å². The van der Waals surface area contributed by atoms with Crippen molar-refractivity contribution in [2.75, 3.05) is 38.2 Å². The van der Waals surface area contributed by atoms with Crippen LogP contribution >= 0.6 is 11.8 Å². The van der Waals surface area contributed by atoms with Crippen molar-refractivity contribution >= 4 is 11.8 Å². The SMILES string of the molecule is CC(NCCN(C)C1CCSC1)C1CCCO1.